The van der Waals surface area contributed by atoms with Crippen molar-refractivity contribution >= 4 is 11.4 Å². The molecule has 116 valence electrons. The van der Waals surface area contributed by atoms with Crippen molar-refractivity contribution in [1.82, 2.24) is 0 Å². The first-order chi connectivity index (χ1) is 10.6. The first kappa shape index (κ1) is 15.8. The van der Waals surface area contributed by atoms with Gasteiger partial charge in [0.1, 0.15) is 22.9 Å². The normalized spacial score (nSPS) is 10.8. The van der Waals surface area contributed by atoms with Gasteiger partial charge in [0.25, 0.3) is 0 Å². The molecule has 0 N–H and O–H groups in total. The second-order valence-electron chi connectivity index (χ2n) is 4.91. The van der Waals surface area contributed by atoms with E-state index < -0.39 is 0 Å². The van der Waals surface area contributed by atoms with Crippen LogP contribution in [0.4, 0.5) is 11.4 Å². The molecule has 2 aromatic rings. The first-order valence-corrected chi connectivity index (χ1v) is 6.87. The van der Waals surface area contributed by atoms with Gasteiger partial charge in [0.2, 0.25) is 0 Å². The molecular formula is C17H20N2O3. The Hall–Kier alpha value is -2.56. The minimum atomic E-state index is 0.650. The van der Waals surface area contributed by atoms with E-state index in [0.717, 1.165) is 16.9 Å². The Morgan fingerprint density at radius 1 is 0.727 bits per heavy atom. The lowest BCUT2D eigenvalue weighted by Gasteiger charge is -2.09. The maximum absolute atomic E-state index is 5.41. The Bertz CT molecular complexity index is 674. The molecule has 0 radical (unpaired) electrons. The molecule has 22 heavy (non-hydrogen) atoms. The van der Waals surface area contributed by atoms with Crippen molar-refractivity contribution in [2.45, 2.75) is 13.8 Å². The molecule has 0 bridgehead atoms. The van der Waals surface area contributed by atoms with Gasteiger partial charge in [0.15, 0.2) is 0 Å². The largest absolute Gasteiger partial charge is 0.497 e. The predicted molar refractivity (Wildman–Crippen MR) is 86.2 cm³/mol. The maximum Gasteiger partial charge on any atom is 0.149 e. The highest BCUT2D eigenvalue weighted by atomic mass is 16.5. The van der Waals surface area contributed by atoms with Crippen molar-refractivity contribution in [3.8, 4) is 17.2 Å². The molecule has 0 unspecified atom stereocenters. The fraction of sp³-hybridized carbons (Fsp3) is 0.294. The van der Waals surface area contributed by atoms with Crippen molar-refractivity contribution < 1.29 is 14.2 Å². The Kier molecular flexibility index (Phi) is 4.99. The lowest BCUT2D eigenvalue weighted by atomic mass is 10.1. The number of nitrogens with zero attached hydrogens (tertiary/aromatic N) is 2. The van der Waals surface area contributed by atoms with Gasteiger partial charge < -0.3 is 14.2 Å². The average Bonchev–Trinajstić information content (AvgIpc) is 2.52. The van der Waals surface area contributed by atoms with Crippen LogP contribution < -0.4 is 14.2 Å². The van der Waals surface area contributed by atoms with Crippen LogP contribution in [0.5, 0.6) is 17.2 Å². The molecule has 0 heterocycles. The summed E-state index contributed by atoms with van der Waals surface area (Å²) in [5.41, 5.74) is 3.48. The molecule has 2 rings (SSSR count). The number of hydrogen-bond acceptors (Lipinski definition) is 5. The summed E-state index contributed by atoms with van der Waals surface area (Å²) in [6.07, 6.45) is 0. The van der Waals surface area contributed by atoms with Crippen LogP contribution >= 0.6 is 0 Å². The van der Waals surface area contributed by atoms with E-state index in [1.54, 1.807) is 39.5 Å². The van der Waals surface area contributed by atoms with Gasteiger partial charge in [0, 0.05) is 18.2 Å². The summed E-state index contributed by atoms with van der Waals surface area (Å²) in [6, 6.07) is 9.36. The number of azo groups is 1. The summed E-state index contributed by atoms with van der Waals surface area (Å²) in [7, 11) is 4.83. The molecule has 0 aliphatic heterocycles. The average molecular weight is 300 g/mol. The van der Waals surface area contributed by atoms with Crippen molar-refractivity contribution in [3.05, 3.63) is 41.5 Å². The summed E-state index contributed by atoms with van der Waals surface area (Å²) in [5.74, 6) is 2.06. The zero-order valence-corrected chi connectivity index (χ0v) is 13.5. The summed E-state index contributed by atoms with van der Waals surface area (Å²) in [4.78, 5) is 0. The molecule has 0 spiro atoms. The number of ether oxygens (including phenoxy) is 3. The van der Waals surface area contributed by atoms with E-state index in [1.165, 1.54) is 0 Å². The van der Waals surface area contributed by atoms with Gasteiger partial charge in [-0.15, -0.1) is 5.11 Å². The second-order valence-corrected chi connectivity index (χ2v) is 4.91. The van der Waals surface area contributed by atoms with Gasteiger partial charge in [0.05, 0.1) is 27.0 Å². The van der Waals surface area contributed by atoms with Gasteiger partial charge in [-0.2, -0.15) is 5.11 Å². The van der Waals surface area contributed by atoms with E-state index in [2.05, 4.69) is 10.2 Å². The number of hydrogen-bond donors (Lipinski definition) is 0. The predicted octanol–water partition coefficient (Wildman–Crippen LogP) is 4.74. The van der Waals surface area contributed by atoms with Crippen LogP contribution in [0.2, 0.25) is 0 Å². The lowest BCUT2D eigenvalue weighted by Crippen LogP contribution is -1.89. The molecule has 0 fully saturated rings. The zero-order valence-electron chi connectivity index (χ0n) is 13.5. The Balaban J connectivity index is 2.40. The number of benzene rings is 2. The highest BCUT2D eigenvalue weighted by Crippen LogP contribution is 2.34. The SMILES string of the molecule is COc1cc(N=Nc2cc(C)cc(C)c2OC)cc(OC)c1. The third kappa shape index (κ3) is 3.55. The van der Waals surface area contributed by atoms with Crippen LogP contribution in [0.1, 0.15) is 11.1 Å². The molecule has 0 saturated carbocycles. The zero-order chi connectivity index (χ0) is 16.1. The van der Waals surface area contributed by atoms with E-state index >= 15 is 0 Å². The van der Waals surface area contributed by atoms with Crippen LogP contribution in [-0.2, 0) is 0 Å². The molecule has 0 saturated heterocycles. The minimum Gasteiger partial charge on any atom is -0.497 e. The summed E-state index contributed by atoms with van der Waals surface area (Å²) < 4.78 is 15.9. The van der Waals surface area contributed by atoms with Crippen molar-refractivity contribution in [2.75, 3.05) is 21.3 Å². The van der Waals surface area contributed by atoms with Crippen LogP contribution in [0.3, 0.4) is 0 Å². The Morgan fingerprint density at radius 3 is 1.91 bits per heavy atom. The van der Waals surface area contributed by atoms with Crippen LogP contribution in [0.15, 0.2) is 40.6 Å². The van der Waals surface area contributed by atoms with E-state index in [-0.39, 0.29) is 0 Å². The van der Waals surface area contributed by atoms with E-state index in [0.29, 0.717) is 22.9 Å². The fourth-order valence-corrected chi connectivity index (χ4v) is 2.23. The maximum atomic E-state index is 5.41. The summed E-state index contributed by atoms with van der Waals surface area (Å²) in [5, 5.41) is 8.58. The van der Waals surface area contributed by atoms with Gasteiger partial charge in [-0.05, 0) is 31.0 Å². The van der Waals surface area contributed by atoms with Crippen LogP contribution in [-0.4, -0.2) is 21.3 Å². The number of rotatable bonds is 5. The Morgan fingerprint density at radius 2 is 1.36 bits per heavy atom. The standard InChI is InChI=1S/C17H20N2O3/c1-11-6-12(2)17(22-5)16(7-11)19-18-13-8-14(20-3)10-15(9-13)21-4/h6-10H,1-5H3. The topological polar surface area (TPSA) is 52.4 Å². The summed E-state index contributed by atoms with van der Waals surface area (Å²) >= 11 is 0. The molecular weight excluding hydrogens is 280 g/mol. The molecule has 5 nitrogen and oxygen atoms in total. The van der Waals surface area contributed by atoms with E-state index in [1.807, 2.05) is 26.0 Å². The van der Waals surface area contributed by atoms with Crippen molar-refractivity contribution in [2.24, 2.45) is 10.2 Å². The molecule has 0 aromatic heterocycles. The third-order valence-corrected chi connectivity index (χ3v) is 3.21. The van der Waals surface area contributed by atoms with Crippen LogP contribution in [0, 0.1) is 13.8 Å². The first-order valence-electron chi connectivity index (χ1n) is 6.87. The monoisotopic (exact) mass is 300 g/mol. The van der Waals surface area contributed by atoms with E-state index in [4.69, 9.17) is 14.2 Å². The molecule has 0 aliphatic carbocycles. The fourth-order valence-electron chi connectivity index (χ4n) is 2.23. The number of aryl methyl sites for hydroxylation is 2. The quantitative estimate of drug-likeness (QED) is 0.749. The molecule has 2 aromatic carbocycles. The van der Waals surface area contributed by atoms with Gasteiger partial charge >= 0.3 is 0 Å². The van der Waals surface area contributed by atoms with Crippen LogP contribution in [0.25, 0.3) is 0 Å². The van der Waals surface area contributed by atoms with Crippen molar-refractivity contribution in [3.63, 3.8) is 0 Å². The van der Waals surface area contributed by atoms with E-state index in [9.17, 15) is 0 Å². The third-order valence-electron chi connectivity index (χ3n) is 3.21. The lowest BCUT2D eigenvalue weighted by molar-refractivity contribution is 0.394. The van der Waals surface area contributed by atoms with Crippen molar-refractivity contribution in [1.29, 1.82) is 0 Å². The van der Waals surface area contributed by atoms with Gasteiger partial charge in [-0.1, -0.05) is 6.07 Å². The summed E-state index contributed by atoms with van der Waals surface area (Å²) in [6.45, 7) is 4.00. The Labute approximate surface area is 130 Å². The molecule has 0 amide bonds. The smallest absolute Gasteiger partial charge is 0.149 e. The highest BCUT2D eigenvalue weighted by molar-refractivity contribution is 5.58. The molecule has 0 aliphatic rings. The highest BCUT2D eigenvalue weighted by Gasteiger charge is 2.07. The van der Waals surface area contributed by atoms with Gasteiger partial charge in [-0.25, -0.2) is 0 Å². The van der Waals surface area contributed by atoms with Gasteiger partial charge in [-0.3, -0.25) is 0 Å². The number of methoxy groups -OCH3 is 3. The minimum absolute atomic E-state index is 0.650. The molecule has 5 heteroatoms. The second kappa shape index (κ2) is 6.93. The molecule has 0 atom stereocenters.